The van der Waals surface area contributed by atoms with Gasteiger partial charge in [0.2, 0.25) is 0 Å². The fraction of sp³-hybridized carbons (Fsp3) is 0.333. The predicted molar refractivity (Wildman–Crippen MR) is 116 cm³/mol. The Hall–Kier alpha value is -3.08. The van der Waals surface area contributed by atoms with Gasteiger partial charge in [-0.2, -0.15) is 0 Å². The number of aliphatic hydroxyl groups is 1. The molecule has 2 aromatic carbocycles. The van der Waals surface area contributed by atoms with Crippen molar-refractivity contribution >= 4 is 23.2 Å². The molecule has 152 valence electrons. The summed E-state index contributed by atoms with van der Waals surface area (Å²) in [6.45, 7) is 10.5. The van der Waals surface area contributed by atoms with Gasteiger partial charge in [0.25, 0.3) is 11.8 Å². The fourth-order valence-corrected chi connectivity index (χ4v) is 3.28. The highest BCUT2D eigenvalue weighted by Gasteiger charge is 2.36. The van der Waals surface area contributed by atoms with E-state index in [1.54, 1.807) is 12.1 Å². The summed E-state index contributed by atoms with van der Waals surface area (Å²) in [6.07, 6.45) is 0. The molecule has 0 radical (unpaired) electrons. The first kappa shape index (κ1) is 20.6. The molecule has 1 aliphatic rings. The second-order valence-corrected chi connectivity index (χ2v) is 8.74. The van der Waals surface area contributed by atoms with Crippen molar-refractivity contribution in [3.8, 4) is 0 Å². The number of amides is 2. The van der Waals surface area contributed by atoms with Crippen LogP contribution in [0.3, 0.4) is 0 Å². The van der Waals surface area contributed by atoms with E-state index in [2.05, 4.69) is 39.9 Å². The zero-order chi connectivity index (χ0) is 21.3. The van der Waals surface area contributed by atoms with E-state index < -0.39 is 11.8 Å². The van der Waals surface area contributed by atoms with Crippen LogP contribution in [-0.4, -0.2) is 23.5 Å². The quantitative estimate of drug-likeness (QED) is 0.727. The second-order valence-electron chi connectivity index (χ2n) is 8.74. The topological polar surface area (TPSA) is 69.6 Å². The molecule has 5 nitrogen and oxygen atoms in total. The molecule has 0 bridgehead atoms. The van der Waals surface area contributed by atoms with Gasteiger partial charge in [0.15, 0.2) is 0 Å². The van der Waals surface area contributed by atoms with Crippen LogP contribution in [-0.2, 0) is 15.0 Å². The standard InChI is InChI=1S/C24H28N2O3/c1-15(2)16-6-10-18(11-7-16)25-22(28)21-20(27)14-26(23(21)29)19-12-8-17(9-13-19)24(3,4)5/h6-13,15,27H,14H2,1-5H3,(H,25,28). The molecule has 29 heavy (non-hydrogen) atoms. The molecule has 0 saturated carbocycles. The SMILES string of the molecule is CC(C)c1ccc(NC(=O)C2=C(O)CN(c3ccc(C(C)(C)C)cc3)C2=O)cc1. The highest BCUT2D eigenvalue weighted by molar-refractivity contribution is 6.29. The first-order chi connectivity index (χ1) is 13.6. The van der Waals surface area contributed by atoms with Crippen molar-refractivity contribution in [2.75, 3.05) is 16.8 Å². The maximum atomic E-state index is 12.8. The van der Waals surface area contributed by atoms with Gasteiger partial charge in [0.05, 0.1) is 6.54 Å². The molecule has 0 atom stereocenters. The Kier molecular flexibility index (Phi) is 5.51. The molecule has 1 aliphatic heterocycles. The molecule has 0 unspecified atom stereocenters. The summed E-state index contributed by atoms with van der Waals surface area (Å²) in [4.78, 5) is 26.9. The molecule has 1 heterocycles. The van der Waals surface area contributed by atoms with Crippen LogP contribution >= 0.6 is 0 Å². The summed E-state index contributed by atoms with van der Waals surface area (Å²) in [6, 6.07) is 15.1. The van der Waals surface area contributed by atoms with Crippen LogP contribution < -0.4 is 10.2 Å². The third-order valence-electron chi connectivity index (χ3n) is 5.16. The largest absolute Gasteiger partial charge is 0.509 e. The zero-order valence-electron chi connectivity index (χ0n) is 17.6. The third kappa shape index (κ3) is 4.34. The molecule has 5 heteroatoms. The maximum Gasteiger partial charge on any atom is 0.267 e. The third-order valence-corrected chi connectivity index (χ3v) is 5.16. The summed E-state index contributed by atoms with van der Waals surface area (Å²) in [5, 5.41) is 13.0. The van der Waals surface area contributed by atoms with Gasteiger partial charge in [-0.1, -0.05) is 58.9 Å². The van der Waals surface area contributed by atoms with Crippen LogP contribution in [0, 0.1) is 0 Å². The summed E-state index contributed by atoms with van der Waals surface area (Å²) < 4.78 is 0. The van der Waals surface area contributed by atoms with E-state index in [-0.39, 0.29) is 23.3 Å². The van der Waals surface area contributed by atoms with Crippen molar-refractivity contribution in [3.63, 3.8) is 0 Å². The second kappa shape index (κ2) is 7.74. The molecule has 0 aromatic heterocycles. The van der Waals surface area contributed by atoms with Crippen molar-refractivity contribution < 1.29 is 14.7 Å². The van der Waals surface area contributed by atoms with E-state index in [1.807, 2.05) is 36.4 Å². The molecule has 0 saturated heterocycles. The number of hydrogen-bond donors (Lipinski definition) is 2. The molecule has 0 fully saturated rings. The smallest absolute Gasteiger partial charge is 0.267 e. The Labute approximate surface area is 172 Å². The predicted octanol–water partition coefficient (Wildman–Crippen LogP) is 4.90. The van der Waals surface area contributed by atoms with Gasteiger partial charge in [-0.05, 0) is 46.7 Å². The molecule has 0 aliphatic carbocycles. The number of nitrogens with one attached hydrogen (secondary N) is 1. The highest BCUT2D eigenvalue weighted by Crippen LogP contribution is 2.29. The van der Waals surface area contributed by atoms with Crippen molar-refractivity contribution in [2.45, 2.75) is 46.0 Å². The van der Waals surface area contributed by atoms with Crippen LogP contribution in [0.15, 0.2) is 59.9 Å². The average molecular weight is 392 g/mol. The van der Waals surface area contributed by atoms with E-state index in [9.17, 15) is 14.7 Å². The van der Waals surface area contributed by atoms with Gasteiger partial charge in [0.1, 0.15) is 11.3 Å². The average Bonchev–Trinajstić information content (AvgIpc) is 2.96. The highest BCUT2D eigenvalue weighted by atomic mass is 16.3. The Balaban J connectivity index is 1.74. The number of hydrogen-bond acceptors (Lipinski definition) is 3. The first-order valence-corrected chi connectivity index (χ1v) is 9.83. The Morgan fingerprint density at radius 3 is 2.14 bits per heavy atom. The minimum absolute atomic E-state index is 0.00407. The Morgan fingerprint density at radius 1 is 1.03 bits per heavy atom. The lowest BCUT2D eigenvalue weighted by molar-refractivity contribution is -0.119. The molecular formula is C24H28N2O3. The van der Waals surface area contributed by atoms with E-state index in [0.717, 1.165) is 11.1 Å². The van der Waals surface area contributed by atoms with Gasteiger partial charge in [0, 0.05) is 11.4 Å². The molecule has 2 aromatic rings. The lowest BCUT2D eigenvalue weighted by Crippen LogP contribution is -2.30. The van der Waals surface area contributed by atoms with Crippen molar-refractivity contribution in [3.05, 3.63) is 71.0 Å². The molecule has 3 rings (SSSR count). The van der Waals surface area contributed by atoms with Crippen LogP contribution in [0.5, 0.6) is 0 Å². The van der Waals surface area contributed by atoms with E-state index in [4.69, 9.17) is 0 Å². The number of carbonyl (C=O) groups excluding carboxylic acids is 2. The lowest BCUT2D eigenvalue weighted by Gasteiger charge is -2.21. The summed E-state index contributed by atoms with van der Waals surface area (Å²) in [5.41, 5.74) is 3.33. The van der Waals surface area contributed by atoms with E-state index >= 15 is 0 Å². The summed E-state index contributed by atoms with van der Waals surface area (Å²) in [5.74, 6) is -0.923. The molecule has 2 amide bonds. The molecular weight excluding hydrogens is 364 g/mol. The van der Waals surface area contributed by atoms with Crippen molar-refractivity contribution in [2.24, 2.45) is 0 Å². The lowest BCUT2D eigenvalue weighted by atomic mass is 9.87. The Bertz CT molecular complexity index is 949. The molecule has 0 spiro atoms. The van der Waals surface area contributed by atoms with Gasteiger partial charge in [-0.15, -0.1) is 0 Å². The number of benzene rings is 2. The number of rotatable bonds is 4. The number of aliphatic hydroxyl groups excluding tert-OH is 1. The van der Waals surface area contributed by atoms with Crippen molar-refractivity contribution in [1.29, 1.82) is 0 Å². The van der Waals surface area contributed by atoms with Crippen LogP contribution in [0.1, 0.15) is 51.7 Å². The van der Waals surface area contributed by atoms with Gasteiger partial charge >= 0.3 is 0 Å². The minimum Gasteiger partial charge on any atom is -0.509 e. The van der Waals surface area contributed by atoms with Gasteiger partial charge in [-0.3, -0.25) is 9.59 Å². The van der Waals surface area contributed by atoms with Crippen LogP contribution in [0.4, 0.5) is 11.4 Å². The molecule has 2 N–H and O–H groups in total. The van der Waals surface area contributed by atoms with Crippen LogP contribution in [0.25, 0.3) is 0 Å². The summed E-state index contributed by atoms with van der Waals surface area (Å²) >= 11 is 0. The Morgan fingerprint density at radius 2 is 1.62 bits per heavy atom. The number of carbonyl (C=O) groups is 2. The summed E-state index contributed by atoms with van der Waals surface area (Å²) in [7, 11) is 0. The number of nitrogens with zero attached hydrogens (tertiary/aromatic N) is 1. The fourth-order valence-electron chi connectivity index (χ4n) is 3.28. The zero-order valence-corrected chi connectivity index (χ0v) is 17.6. The minimum atomic E-state index is -0.599. The maximum absolute atomic E-state index is 12.8. The van der Waals surface area contributed by atoms with Gasteiger partial charge < -0.3 is 15.3 Å². The van der Waals surface area contributed by atoms with E-state index in [0.29, 0.717) is 17.3 Å². The van der Waals surface area contributed by atoms with Crippen molar-refractivity contribution in [1.82, 2.24) is 0 Å². The van der Waals surface area contributed by atoms with Gasteiger partial charge in [-0.25, -0.2) is 0 Å². The first-order valence-electron chi connectivity index (χ1n) is 9.83. The van der Waals surface area contributed by atoms with E-state index in [1.165, 1.54) is 4.90 Å². The number of anilines is 2. The van der Waals surface area contributed by atoms with Crippen LogP contribution in [0.2, 0.25) is 0 Å². The monoisotopic (exact) mass is 392 g/mol. The normalized spacial score (nSPS) is 14.7.